The number of aryl methyl sites for hydroxylation is 3. The quantitative estimate of drug-likeness (QED) is 0.545. The second-order valence-electron chi connectivity index (χ2n) is 8.32. The molecule has 1 aromatic heterocycles. The molecule has 0 saturated heterocycles. The van der Waals surface area contributed by atoms with Crippen molar-refractivity contribution in [1.29, 1.82) is 0 Å². The summed E-state index contributed by atoms with van der Waals surface area (Å²) >= 11 is 0. The van der Waals surface area contributed by atoms with Gasteiger partial charge in [-0.25, -0.2) is 8.42 Å². The van der Waals surface area contributed by atoms with Gasteiger partial charge in [-0.2, -0.15) is 5.10 Å². The summed E-state index contributed by atoms with van der Waals surface area (Å²) in [6, 6.07) is 12.9. The molecule has 0 fully saturated rings. The lowest BCUT2D eigenvalue weighted by molar-refractivity contribution is -0.114. The van der Waals surface area contributed by atoms with Crippen LogP contribution in [0.3, 0.4) is 0 Å². The van der Waals surface area contributed by atoms with Crippen LogP contribution in [0, 0.1) is 27.7 Å². The van der Waals surface area contributed by atoms with Crippen molar-refractivity contribution < 1.29 is 13.2 Å². The molecule has 1 heterocycles. The molecule has 0 bridgehead atoms. The fourth-order valence-electron chi connectivity index (χ4n) is 3.58. The molecule has 8 heteroatoms. The number of nitrogens with zero attached hydrogens (tertiary/aromatic N) is 2. The summed E-state index contributed by atoms with van der Waals surface area (Å²) in [5.74, 6) is -0.117. The number of aromatic amines is 1. The van der Waals surface area contributed by atoms with E-state index in [4.69, 9.17) is 0 Å². The Balaban J connectivity index is 2.00. The van der Waals surface area contributed by atoms with Crippen molar-refractivity contribution in [3.05, 3.63) is 70.5 Å². The maximum Gasteiger partial charge on any atom is 0.268 e. The highest BCUT2D eigenvalue weighted by molar-refractivity contribution is 7.93. The van der Waals surface area contributed by atoms with Crippen LogP contribution in [0.25, 0.3) is 0 Å². The molecule has 0 spiro atoms. The van der Waals surface area contributed by atoms with Crippen LogP contribution in [0.4, 0.5) is 11.4 Å². The van der Waals surface area contributed by atoms with Gasteiger partial charge in [-0.05, 0) is 68.5 Å². The third-order valence-electron chi connectivity index (χ3n) is 5.62. The summed E-state index contributed by atoms with van der Waals surface area (Å²) in [5, 5.41) is 9.62. The van der Waals surface area contributed by atoms with Gasteiger partial charge in [-0.3, -0.25) is 14.2 Å². The Kier molecular flexibility index (Phi) is 6.74. The second-order valence-corrected chi connectivity index (χ2v) is 10.1. The summed E-state index contributed by atoms with van der Waals surface area (Å²) < 4.78 is 28.4. The van der Waals surface area contributed by atoms with E-state index in [0.29, 0.717) is 28.7 Å². The first kappa shape index (κ1) is 23.5. The number of carbonyl (C=O) groups excluding carboxylic acids is 1. The fourth-order valence-corrected chi connectivity index (χ4v) is 5.34. The minimum absolute atomic E-state index is 0.0879. The molecule has 1 amide bonds. The van der Waals surface area contributed by atoms with Crippen molar-refractivity contribution in [3.8, 4) is 0 Å². The predicted octanol–water partition coefficient (Wildman–Crippen LogP) is 4.60. The molecule has 7 nitrogen and oxygen atoms in total. The van der Waals surface area contributed by atoms with E-state index >= 15 is 0 Å². The molecular weight excluding hydrogens is 424 g/mol. The van der Waals surface area contributed by atoms with Crippen LogP contribution in [0.15, 0.2) is 47.4 Å². The molecule has 32 heavy (non-hydrogen) atoms. The molecular formula is C24H30N4O3S. The van der Waals surface area contributed by atoms with E-state index in [1.54, 1.807) is 32.0 Å². The number of aromatic nitrogens is 2. The molecule has 0 aliphatic rings. The van der Waals surface area contributed by atoms with E-state index in [-0.39, 0.29) is 11.4 Å². The molecule has 0 saturated carbocycles. The van der Waals surface area contributed by atoms with Crippen molar-refractivity contribution in [2.24, 2.45) is 0 Å². The lowest BCUT2D eigenvalue weighted by Gasteiger charge is -2.25. The fraction of sp³-hybridized carbons (Fsp3) is 0.333. The van der Waals surface area contributed by atoms with Crippen molar-refractivity contribution >= 4 is 27.3 Å². The predicted molar refractivity (Wildman–Crippen MR) is 128 cm³/mol. The Labute approximate surface area is 189 Å². The van der Waals surface area contributed by atoms with E-state index in [0.717, 1.165) is 21.0 Å². The standard InChI is InChI=1S/C24H30N4O3S/c1-15(2)20-10-12-21(13-11-20)28(32(30,31)24-18(5)26-27-19(24)6)14-23(29)25-22-9-7-8-16(3)17(22)4/h7-13,15H,14H2,1-6H3,(H,25,29)(H,26,27). The maximum absolute atomic E-state index is 13.6. The van der Waals surface area contributed by atoms with Gasteiger partial charge in [0.1, 0.15) is 11.4 Å². The zero-order valence-electron chi connectivity index (χ0n) is 19.4. The first-order valence-corrected chi connectivity index (χ1v) is 12.0. The number of hydrogen-bond acceptors (Lipinski definition) is 4. The summed E-state index contributed by atoms with van der Waals surface area (Å²) in [4.78, 5) is 13.1. The monoisotopic (exact) mass is 454 g/mol. The average Bonchev–Trinajstić information content (AvgIpc) is 3.08. The van der Waals surface area contributed by atoms with E-state index < -0.39 is 15.9 Å². The van der Waals surface area contributed by atoms with Gasteiger partial charge in [-0.1, -0.05) is 38.1 Å². The number of anilines is 2. The molecule has 2 aromatic carbocycles. The van der Waals surface area contributed by atoms with Crippen molar-refractivity contribution in [1.82, 2.24) is 10.2 Å². The first-order valence-electron chi connectivity index (χ1n) is 10.5. The van der Waals surface area contributed by atoms with Gasteiger partial charge >= 0.3 is 0 Å². The molecule has 0 atom stereocenters. The Morgan fingerprint density at radius 1 is 1.06 bits per heavy atom. The minimum Gasteiger partial charge on any atom is -0.324 e. The first-order chi connectivity index (χ1) is 15.0. The SMILES string of the molecule is Cc1cccc(NC(=O)CN(c2ccc(C(C)C)cc2)S(=O)(=O)c2c(C)n[nH]c2C)c1C. The molecule has 0 unspecified atom stereocenters. The summed E-state index contributed by atoms with van der Waals surface area (Å²) in [5.41, 5.74) is 4.95. The average molecular weight is 455 g/mol. The lowest BCUT2D eigenvalue weighted by atomic mass is 10.0. The van der Waals surface area contributed by atoms with Crippen molar-refractivity contribution in [2.45, 2.75) is 52.4 Å². The zero-order valence-corrected chi connectivity index (χ0v) is 20.2. The van der Waals surface area contributed by atoms with Crippen LogP contribution in [0.5, 0.6) is 0 Å². The normalized spacial score (nSPS) is 11.6. The number of rotatable bonds is 7. The highest BCUT2D eigenvalue weighted by atomic mass is 32.2. The highest BCUT2D eigenvalue weighted by Crippen LogP contribution is 2.28. The highest BCUT2D eigenvalue weighted by Gasteiger charge is 2.31. The number of nitrogens with one attached hydrogen (secondary N) is 2. The number of H-pyrrole nitrogens is 1. The molecule has 170 valence electrons. The lowest BCUT2D eigenvalue weighted by Crippen LogP contribution is -2.38. The van der Waals surface area contributed by atoms with Gasteiger partial charge < -0.3 is 5.32 Å². The molecule has 3 aromatic rings. The third kappa shape index (κ3) is 4.70. The van der Waals surface area contributed by atoms with Gasteiger partial charge in [0, 0.05) is 5.69 Å². The second kappa shape index (κ2) is 9.16. The Bertz CT molecular complexity index is 1210. The van der Waals surface area contributed by atoms with Crippen LogP contribution in [-0.4, -0.2) is 31.1 Å². The number of amides is 1. The van der Waals surface area contributed by atoms with Gasteiger partial charge in [0.05, 0.1) is 17.1 Å². The molecule has 3 rings (SSSR count). The van der Waals surface area contributed by atoms with Crippen LogP contribution < -0.4 is 9.62 Å². The van der Waals surface area contributed by atoms with Gasteiger partial charge in [0.15, 0.2) is 0 Å². The molecule has 0 radical (unpaired) electrons. The Morgan fingerprint density at radius 2 is 1.72 bits per heavy atom. The maximum atomic E-state index is 13.6. The van der Waals surface area contributed by atoms with Crippen molar-refractivity contribution in [3.63, 3.8) is 0 Å². The minimum atomic E-state index is -4.03. The zero-order chi connectivity index (χ0) is 23.6. The van der Waals surface area contributed by atoms with Crippen LogP contribution >= 0.6 is 0 Å². The van der Waals surface area contributed by atoms with E-state index in [1.165, 1.54) is 0 Å². The topological polar surface area (TPSA) is 95.2 Å². The van der Waals surface area contributed by atoms with Gasteiger partial charge in [0.2, 0.25) is 5.91 Å². The van der Waals surface area contributed by atoms with E-state index in [9.17, 15) is 13.2 Å². The number of sulfonamides is 1. The number of benzene rings is 2. The van der Waals surface area contributed by atoms with Gasteiger partial charge in [0.25, 0.3) is 10.0 Å². The molecule has 0 aliphatic heterocycles. The van der Waals surface area contributed by atoms with Crippen molar-refractivity contribution in [2.75, 3.05) is 16.2 Å². The van der Waals surface area contributed by atoms with Gasteiger partial charge in [-0.15, -0.1) is 0 Å². The Hall–Kier alpha value is -3.13. The van der Waals surface area contributed by atoms with Crippen LogP contribution in [-0.2, 0) is 14.8 Å². The van der Waals surface area contributed by atoms with E-state index in [1.807, 2.05) is 38.1 Å². The number of carbonyl (C=O) groups is 1. The molecule has 2 N–H and O–H groups in total. The smallest absolute Gasteiger partial charge is 0.268 e. The molecule has 0 aliphatic carbocycles. The summed E-state index contributed by atoms with van der Waals surface area (Å²) in [6.45, 7) is 10.9. The van der Waals surface area contributed by atoms with Crippen LogP contribution in [0.1, 0.15) is 47.8 Å². The van der Waals surface area contributed by atoms with E-state index in [2.05, 4.69) is 29.4 Å². The number of hydrogen-bond donors (Lipinski definition) is 2. The summed E-state index contributed by atoms with van der Waals surface area (Å²) in [7, 11) is -4.03. The Morgan fingerprint density at radius 3 is 2.28 bits per heavy atom. The summed E-state index contributed by atoms with van der Waals surface area (Å²) in [6.07, 6.45) is 0. The van der Waals surface area contributed by atoms with Crippen LogP contribution in [0.2, 0.25) is 0 Å². The third-order valence-corrected chi connectivity index (χ3v) is 7.66. The largest absolute Gasteiger partial charge is 0.324 e.